The minimum atomic E-state index is 0.258. The van der Waals surface area contributed by atoms with E-state index in [2.05, 4.69) is 13.8 Å². The number of benzene rings is 1. The number of anilines is 1. The highest BCUT2D eigenvalue weighted by Crippen LogP contribution is 2.23. The molecular weight excluding hydrogens is 224 g/mol. The van der Waals surface area contributed by atoms with E-state index in [9.17, 15) is 4.79 Å². The van der Waals surface area contributed by atoms with Crippen molar-refractivity contribution in [3.05, 3.63) is 29.8 Å². The van der Waals surface area contributed by atoms with Crippen molar-refractivity contribution in [1.82, 2.24) is 4.90 Å². The number of likely N-dealkylation sites (tertiary alicyclic amines) is 1. The summed E-state index contributed by atoms with van der Waals surface area (Å²) in [5.41, 5.74) is 7.62. The second-order valence-electron chi connectivity index (χ2n) is 5.51. The molecule has 1 aromatic carbocycles. The highest BCUT2D eigenvalue weighted by atomic mass is 16.2. The summed E-state index contributed by atoms with van der Waals surface area (Å²) >= 11 is 0. The summed E-state index contributed by atoms with van der Waals surface area (Å²) in [4.78, 5) is 14.1. The Bertz CT molecular complexity index is 413. The predicted molar refractivity (Wildman–Crippen MR) is 74.2 cm³/mol. The second-order valence-corrected chi connectivity index (χ2v) is 5.51. The van der Waals surface area contributed by atoms with Gasteiger partial charge in [0, 0.05) is 25.2 Å². The van der Waals surface area contributed by atoms with Crippen molar-refractivity contribution in [1.29, 1.82) is 0 Å². The van der Waals surface area contributed by atoms with Crippen LogP contribution in [0.15, 0.2) is 24.3 Å². The third-order valence-electron chi connectivity index (χ3n) is 3.76. The predicted octanol–water partition coefficient (Wildman–Crippen LogP) is 2.63. The minimum absolute atomic E-state index is 0.258. The standard InChI is InChI=1S/C15H22N2O/c1-11-7-8-17(10-11)15(18)9-12(2)13-3-5-14(16)6-4-13/h3-6,11-12H,7-10,16H2,1-2H3. The van der Waals surface area contributed by atoms with Crippen LogP contribution in [0.4, 0.5) is 5.69 Å². The lowest BCUT2D eigenvalue weighted by Gasteiger charge is -2.19. The van der Waals surface area contributed by atoms with E-state index in [1.54, 1.807) is 0 Å². The monoisotopic (exact) mass is 246 g/mol. The van der Waals surface area contributed by atoms with Gasteiger partial charge >= 0.3 is 0 Å². The van der Waals surface area contributed by atoms with Crippen molar-refractivity contribution in [2.24, 2.45) is 5.92 Å². The van der Waals surface area contributed by atoms with Crippen molar-refractivity contribution in [2.45, 2.75) is 32.6 Å². The van der Waals surface area contributed by atoms with Crippen LogP contribution in [0.3, 0.4) is 0 Å². The minimum Gasteiger partial charge on any atom is -0.399 e. The normalized spacial score (nSPS) is 21.0. The zero-order valence-electron chi connectivity index (χ0n) is 11.2. The Morgan fingerprint density at radius 2 is 2.11 bits per heavy atom. The van der Waals surface area contributed by atoms with E-state index in [1.165, 1.54) is 5.56 Å². The van der Waals surface area contributed by atoms with Gasteiger partial charge in [0.25, 0.3) is 0 Å². The van der Waals surface area contributed by atoms with E-state index in [1.807, 2.05) is 29.2 Å². The number of amides is 1. The zero-order valence-corrected chi connectivity index (χ0v) is 11.2. The maximum atomic E-state index is 12.1. The lowest BCUT2D eigenvalue weighted by molar-refractivity contribution is -0.130. The van der Waals surface area contributed by atoms with E-state index >= 15 is 0 Å². The molecule has 0 aromatic heterocycles. The molecule has 1 aromatic rings. The Kier molecular flexibility index (Phi) is 3.90. The molecule has 1 saturated heterocycles. The van der Waals surface area contributed by atoms with Crippen LogP contribution >= 0.6 is 0 Å². The first-order valence-electron chi connectivity index (χ1n) is 6.69. The summed E-state index contributed by atoms with van der Waals surface area (Å²) in [6, 6.07) is 7.82. The fourth-order valence-electron chi connectivity index (χ4n) is 2.49. The maximum absolute atomic E-state index is 12.1. The number of carbonyl (C=O) groups excluding carboxylic acids is 1. The third-order valence-corrected chi connectivity index (χ3v) is 3.76. The molecular formula is C15H22N2O. The fraction of sp³-hybridized carbons (Fsp3) is 0.533. The van der Waals surface area contributed by atoms with Gasteiger partial charge in [0.2, 0.25) is 5.91 Å². The van der Waals surface area contributed by atoms with Gasteiger partial charge in [-0.15, -0.1) is 0 Å². The van der Waals surface area contributed by atoms with Crippen LogP contribution in [0.2, 0.25) is 0 Å². The van der Waals surface area contributed by atoms with E-state index in [0.717, 1.165) is 25.2 Å². The fourth-order valence-corrected chi connectivity index (χ4v) is 2.49. The van der Waals surface area contributed by atoms with Crippen LogP contribution in [-0.2, 0) is 4.79 Å². The summed E-state index contributed by atoms with van der Waals surface area (Å²) in [5, 5.41) is 0. The van der Waals surface area contributed by atoms with Gasteiger partial charge in [-0.1, -0.05) is 26.0 Å². The molecule has 3 nitrogen and oxygen atoms in total. The number of rotatable bonds is 3. The topological polar surface area (TPSA) is 46.3 Å². The molecule has 98 valence electrons. The Labute approximate surface area is 109 Å². The molecule has 0 radical (unpaired) electrons. The summed E-state index contributed by atoms with van der Waals surface area (Å²) < 4.78 is 0. The Morgan fingerprint density at radius 1 is 1.44 bits per heavy atom. The smallest absolute Gasteiger partial charge is 0.223 e. The number of carbonyl (C=O) groups is 1. The largest absolute Gasteiger partial charge is 0.399 e. The lowest BCUT2D eigenvalue weighted by Crippen LogP contribution is -2.29. The first kappa shape index (κ1) is 12.9. The first-order chi connectivity index (χ1) is 8.56. The van der Waals surface area contributed by atoms with Gasteiger partial charge in [-0.3, -0.25) is 4.79 Å². The second kappa shape index (κ2) is 5.42. The Morgan fingerprint density at radius 3 is 2.67 bits per heavy atom. The Balaban J connectivity index is 1.92. The summed E-state index contributed by atoms with van der Waals surface area (Å²) in [5.74, 6) is 1.19. The molecule has 3 heteroatoms. The van der Waals surface area contributed by atoms with Crippen LogP contribution < -0.4 is 5.73 Å². The van der Waals surface area contributed by atoms with Gasteiger partial charge in [0.05, 0.1) is 0 Å². The number of nitrogen functional groups attached to an aromatic ring is 1. The van der Waals surface area contributed by atoms with Gasteiger partial charge < -0.3 is 10.6 Å². The van der Waals surface area contributed by atoms with Gasteiger partial charge in [0.1, 0.15) is 0 Å². The molecule has 1 amide bonds. The molecule has 1 aliphatic rings. The highest BCUT2D eigenvalue weighted by molar-refractivity contribution is 5.77. The van der Waals surface area contributed by atoms with Crippen LogP contribution in [0.25, 0.3) is 0 Å². The van der Waals surface area contributed by atoms with Gasteiger partial charge in [-0.05, 0) is 36.0 Å². The molecule has 1 fully saturated rings. The molecule has 1 heterocycles. The summed E-state index contributed by atoms with van der Waals surface area (Å²) in [7, 11) is 0. The van der Waals surface area contributed by atoms with Crippen LogP contribution in [0.1, 0.15) is 38.2 Å². The number of nitrogens with zero attached hydrogens (tertiary/aromatic N) is 1. The molecule has 18 heavy (non-hydrogen) atoms. The number of hydrogen-bond acceptors (Lipinski definition) is 2. The van der Waals surface area contributed by atoms with E-state index in [4.69, 9.17) is 5.73 Å². The van der Waals surface area contributed by atoms with Crippen LogP contribution in [-0.4, -0.2) is 23.9 Å². The van der Waals surface area contributed by atoms with Crippen molar-refractivity contribution < 1.29 is 4.79 Å². The van der Waals surface area contributed by atoms with E-state index < -0.39 is 0 Å². The average molecular weight is 246 g/mol. The zero-order chi connectivity index (χ0) is 13.1. The van der Waals surface area contributed by atoms with Crippen molar-refractivity contribution in [3.8, 4) is 0 Å². The Hall–Kier alpha value is -1.51. The van der Waals surface area contributed by atoms with Crippen molar-refractivity contribution >= 4 is 11.6 Å². The first-order valence-corrected chi connectivity index (χ1v) is 6.69. The summed E-state index contributed by atoms with van der Waals surface area (Å²) in [6.07, 6.45) is 1.73. The average Bonchev–Trinajstić information content (AvgIpc) is 2.76. The maximum Gasteiger partial charge on any atom is 0.223 e. The van der Waals surface area contributed by atoms with Gasteiger partial charge in [-0.25, -0.2) is 0 Å². The molecule has 0 aliphatic carbocycles. The lowest BCUT2D eigenvalue weighted by atomic mass is 9.97. The summed E-state index contributed by atoms with van der Waals surface area (Å²) in [6.45, 7) is 6.15. The van der Waals surface area contributed by atoms with Crippen molar-refractivity contribution in [2.75, 3.05) is 18.8 Å². The molecule has 1 aliphatic heterocycles. The molecule has 2 atom stereocenters. The third kappa shape index (κ3) is 3.03. The number of nitrogens with two attached hydrogens (primary N) is 1. The van der Waals surface area contributed by atoms with Crippen molar-refractivity contribution in [3.63, 3.8) is 0 Å². The number of hydrogen-bond donors (Lipinski definition) is 1. The highest BCUT2D eigenvalue weighted by Gasteiger charge is 2.24. The molecule has 2 unspecified atom stereocenters. The van der Waals surface area contributed by atoms with Gasteiger partial charge in [-0.2, -0.15) is 0 Å². The molecule has 2 rings (SSSR count). The van der Waals surface area contributed by atoms with Crippen LogP contribution in [0.5, 0.6) is 0 Å². The van der Waals surface area contributed by atoms with Crippen LogP contribution in [0, 0.1) is 5.92 Å². The van der Waals surface area contributed by atoms with E-state index in [-0.39, 0.29) is 11.8 Å². The molecule has 2 N–H and O–H groups in total. The molecule has 0 bridgehead atoms. The molecule has 0 spiro atoms. The molecule has 0 saturated carbocycles. The van der Waals surface area contributed by atoms with Gasteiger partial charge in [0.15, 0.2) is 0 Å². The van der Waals surface area contributed by atoms with E-state index in [0.29, 0.717) is 12.3 Å². The SMILES string of the molecule is CC1CCN(C(=O)CC(C)c2ccc(N)cc2)C1. The quantitative estimate of drug-likeness (QED) is 0.833.